The maximum Gasteiger partial charge on any atom is 0.251 e. The topological polar surface area (TPSA) is 64.4 Å². The Kier molecular flexibility index (Phi) is 6.91. The smallest absolute Gasteiger partial charge is 0.251 e. The van der Waals surface area contributed by atoms with Gasteiger partial charge in [-0.25, -0.2) is 0 Å². The molecular formula is C16H26N2O2. The van der Waals surface area contributed by atoms with Crippen LogP contribution < -0.4 is 15.8 Å². The zero-order chi connectivity index (χ0) is 15.0. The van der Waals surface area contributed by atoms with E-state index in [1.54, 1.807) is 25.3 Å². The Morgan fingerprint density at radius 1 is 1.25 bits per heavy atom. The highest BCUT2D eigenvalue weighted by Crippen LogP contribution is 2.19. The summed E-state index contributed by atoms with van der Waals surface area (Å²) in [4.78, 5) is 12.3. The average Bonchev–Trinajstić information content (AvgIpc) is 2.44. The van der Waals surface area contributed by atoms with E-state index in [4.69, 9.17) is 10.5 Å². The Morgan fingerprint density at radius 2 is 2.00 bits per heavy atom. The molecule has 0 saturated heterocycles. The standard InChI is InChI=1S/C16H26N2O2/c1-4-6-8-14(7-5-2)18-16(19)12-9-13(17)11-15(10-12)20-3/h9-11,14H,4-8,17H2,1-3H3,(H,18,19). The van der Waals surface area contributed by atoms with Crippen LogP contribution in [0.5, 0.6) is 5.75 Å². The highest BCUT2D eigenvalue weighted by molar-refractivity contribution is 5.95. The number of nitrogens with two attached hydrogens (primary N) is 1. The van der Waals surface area contributed by atoms with Gasteiger partial charge in [-0.05, 0) is 25.0 Å². The summed E-state index contributed by atoms with van der Waals surface area (Å²) in [6.07, 6.45) is 5.36. The lowest BCUT2D eigenvalue weighted by Gasteiger charge is -2.18. The average molecular weight is 278 g/mol. The summed E-state index contributed by atoms with van der Waals surface area (Å²) in [5.74, 6) is 0.529. The van der Waals surface area contributed by atoms with Gasteiger partial charge in [0.15, 0.2) is 0 Å². The molecule has 112 valence electrons. The van der Waals surface area contributed by atoms with E-state index in [-0.39, 0.29) is 11.9 Å². The minimum Gasteiger partial charge on any atom is -0.497 e. The quantitative estimate of drug-likeness (QED) is 0.717. The third kappa shape index (κ3) is 5.11. The van der Waals surface area contributed by atoms with Crippen molar-refractivity contribution in [2.45, 2.75) is 52.0 Å². The summed E-state index contributed by atoms with van der Waals surface area (Å²) < 4.78 is 5.14. The van der Waals surface area contributed by atoms with Crippen LogP contribution in [0.4, 0.5) is 5.69 Å². The zero-order valence-corrected chi connectivity index (χ0v) is 12.7. The number of carbonyl (C=O) groups is 1. The van der Waals surface area contributed by atoms with Crippen molar-refractivity contribution in [1.29, 1.82) is 0 Å². The molecule has 0 saturated carbocycles. The molecule has 0 aliphatic rings. The van der Waals surface area contributed by atoms with Crippen molar-refractivity contribution in [3.05, 3.63) is 23.8 Å². The molecule has 1 unspecified atom stereocenters. The normalized spacial score (nSPS) is 11.9. The molecule has 4 heteroatoms. The number of hydrogen-bond donors (Lipinski definition) is 2. The molecule has 3 N–H and O–H groups in total. The van der Waals surface area contributed by atoms with Crippen LogP contribution in [0.25, 0.3) is 0 Å². The Morgan fingerprint density at radius 3 is 2.60 bits per heavy atom. The van der Waals surface area contributed by atoms with Crippen LogP contribution in [0.3, 0.4) is 0 Å². The molecule has 20 heavy (non-hydrogen) atoms. The summed E-state index contributed by atoms with van der Waals surface area (Å²) in [6.45, 7) is 4.29. The fourth-order valence-electron chi connectivity index (χ4n) is 2.23. The van der Waals surface area contributed by atoms with Gasteiger partial charge in [-0.2, -0.15) is 0 Å². The highest BCUT2D eigenvalue weighted by atomic mass is 16.5. The number of hydrogen-bond acceptors (Lipinski definition) is 3. The molecule has 1 rings (SSSR count). The zero-order valence-electron chi connectivity index (χ0n) is 12.7. The fraction of sp³-hybridized carbons (Fsp3) is 0.562. The molecule has 0 fully saturated rings. The van der Waals surface area contributed by atoms with Gasteiger partial charge in [-0.3, -0.25) is 4.79 Å². The van der Waals surface area contributed by atoms with Crippen LogP contribution in [0.15, 0.2) is 18.2 Å². The van der Waals surface area contributed by atoms with Gasteiger partial charge in [0.1, 0.15) is 5.75 Å². The van der Waals surface area contributed by atoms with E-state index >= 15 is 0 Å². The number of unbranched alkanes of at least 4 members (excludes halogenated alkanes) is 1. The third-order valence-electron chi connectivity index (χ3n) is 3.31. The van der Waals surface area contributed by atoms with Gasteiger partial charge in [-0.1, -0.05) is 33.1 Å². The van der Waals surface area contributed by atoms with E-state index < -0.39 is 0 Å². The van der Waals surface area contributed by atoms with Gasteiger partial charge in [0.05, 0.1) is 7.11 Å². The number of methoxy groups -OCH3 is 1. The van der Waals surface area contributed by atoms with Crippen LogP contribution >= 0.6 is 0 Å². The number of nitrogen functional groups attached to an aromatic ring is 1. The monoisotopic (exact) mass is 278 g/mol. The van der Waals surface area contributed by atoms with Crippen LogP contribution in [-0.2, 0) is 0 Å². The summed E-state index contributed by atoms with van der Waals surface area (Å²) in [6, 6.07) is 5.34. The van der Waals surface area contributed by atoms with Gasteiger partial charge in [0.25, 0.3) is 5.91 Å². The number of amides is 1. The van der Waals surface area contributed by atoms with E-state index in [0.29, 0.717) is 17.0 Å². The van der Waals surface area contributed by atoms with Crippen molar-refractivity contribution in [2.75, 3.05) is 12.8 Å². The van der Waals surface area contributed by atoms with Crippen molar-refractivity contribution in [1.82, 2.24) is 5.32 Å². The Hall–Kier alpha value is -1.71. The Balaban J connectivity index is 2.74. The van der Waals surface area contributed by atoms with Gasteiger partial charge in [-0.15, -0.1) is 0 Å². The summed E-state index contributed by atoms with van der Waals surface area (Å²) >= 11 is 0. The van der Waals surface area contributed by atoms with Crippen molar-refractivity contribution in [2.24, 2.45) is 0 Å². The van der Waals surface area contributed by atoms with Gasteiger partial charge in [0.2, 0.25) is 0 Å². The first-order chi connectivity index (χ1) is 9.60. The second kappa shape index (κ2) is 8.46. The van der Waals surface area contributed by atoms with Crippen LogP contribution in [0, 0.1) is 0 Å². The number of ether oxygens (including phenoxy) is 1. The summed E-state index contributed by atoms with van der Waals surface area (Å²) in [5.41, 5.74) is 6.87. The van der Waals surface area contributed by atoms with E-state index in [1.807, 2.05) is 0 Å². The SMILES string of the molecule is CCCCC(CCC)NC(=O)c1cc(N)cc(OC)c1. The maximum atomic E-state index is 12.3. The van der Waals surface area contributed by atoms with Gasteiger partial charge < -0.3 is 15.8 Å². The molecule has 1 aromatic rings. The van der Waals surface area contributed by atoms with Crippen molar-refractivity contribution in [3.63, 3.8) is 0 Å². The molecule has 1 aromatic carbocycles. The highest BCUT2D eigenvalue weighted by Gasteiger charge is 2.14. The third-order valence-corrected chi connectivity index (χ3v) is 3.31. The molecule has 0 aliphatic carbocycles. The van der Waals surface area contributed by atoms with E-state index in [1.165, 1.54) is 0 Å². The predicted molar refractivity (Wildman–Crippen MR) is 83.1 cm³/mol. The molecule has 0 aliphatic heterocycles. The number of nitrogens with one attached hydrogen (secondary N) is 1. The Bertz CT molecular complexity index is 432. The molecule has 0 heterocycles. The number of rotatable bonds is 8. The minimum atomic E-state index is -0.0786. The molecule has 1 amide bonds. The molecule has 0 aromatic heterocycles. The van der Waals surface area contributed by atoms with Crippen molar-refractivity contribution in [3.8, 4) is 5.75 Å². The number of carbonyl (C=O) groups excluding carboxylic acids is 1. The molecule has 0 spiro atoms. The van der Waals surface area contributed by atoms with E-state index in [0.717, 1.165) is 32.1 Å². The maximum absolute atomic E-state index is 12.3. The van der Waals surface area contributed by atoms with E-state index in [9.17, 15) is 4.79 Å². The second-order valence-electron chi connectivity index (χ2n) is 5.10. The Labute approximate surface area is 121 Å². The van der Waals surface area contributed by atoms with Gasteiger partial charge >= 0.3 is 0 Å². The molecule has 0 radical (unpaired) electrons. The van der Waals surface area contributed by atoms with Gasteiger partial charge in [0, 0.05) is 23.4 Å². The van der Waals surface area contributed by atoms with Crippen LogP contribution in [-0.4, -0.2) is 19.1 Å². The molecule has 1 atom stereocenters. The summed E-state index contributed by atoms with van der Waals surface area (Å²) in [7, 11) is 1.57. The number of anilines is 1. The summed E-state index contributed by atoms with van der Waals surface area (Å²) in [5, 5.41) is 3.10. The first-order valence-corrected chi connectivity index (χ1v) is 7.36. The lowest BCUT2D eigenvalue weighted by Crippen LogP contribution is -2.34. The second-order valence-corrected chi connectivity index (χ2v) is 5.10. The molecule has 0 bridgehead atoms. The largest absolute Gasteiger partial charge is 0.497 e. The lowest BCUT2D eigenvalue weighted by atomic mass is 10.0. The van der Waals surface area contributed by atoms with Crippen LogP contribution in [0.1, 0.15) is 56.3 Å². The minimum absolute atomic E-state index is 0.0786. The lowest BCUT2D eigenvalue weighted by molar-refractivity contribution is 0.0932. The van der Waals surface area contributed by atoms with Crippen LogP contribution in [0.2, 0.25) is 0 Å². The first kappa shape index (κ1) is 16.3. The number of benzene rings is 1. The molecule has 4 nitrogen and oxygen atoms in total. The van der Waals surface area contributed by atoms with Crippen molar-refractivity contribution < 1.29 is 9.53 Å². The first-order valence-electron chi connectivity index (χ1n) is 7.36. The van der Waals surface area contributed by atoms with E-state index in [2.05, 4.69) is 19.2 Å². The predicted octanol–water partition coefficient (Wildman–Crippen LogP) is 3.37. The fourth-order valence-corrected chi connectivity index (χ4v) is 2.23. The molecular weight excluding hydrogens is 252 g/mol. The van der Waals surface area contributed by atoms with Crippen molar-refractivity contribution >= 4 is 11.6 Å².